The normalized spacial score (nSPS) is 14.0. The average Bonchev–Trinajstić information content (AvgIpc) is 2.56. The van der Waals surface area contributed by atoms with Crippen molar-refractivity contribution in [2.45, 2.75) is 0 Å². The van der Waals surface area contributed by atoms with E-state index in [1.165, 1.54) is 0 Å². The zero-order valence-corrected chi connectivity index (χ0v) is 14.8. The Balaban J connectivity index is 2.08. The number of halogens is 2. The van der Waals surface area contributed by atoms with Crippen molar-refractivity contribution in [3.05, 3.63) is 36.2 Å². The lowest BCUT2D eigenvalue weighted by molar-refractivity contribution is 0.355. The molecule has 0 N–H and O–H groups in total. The molecular weight excluding hydrogens is 419 g/mol. The minimum absolute atomic E-state index is 0.353. The molecule has 0 atom stereocenters. The first-order chi connectivity index (χ1) is 10.7. The highest BCUT2D eigenvalue weighted by molar-refractivity contribution is 14.2. The molecule has 0 bridgehead atoms. The molecule has 0 radical (unpaired) electrons. The number of fused-ring (bicyclic) bond motifs is 1. The summed E-state index contributed by atoms with van der Waals surface area (Å²) in [4.78, 5) is 4.34. The SMILES string of the molecule is COc1cc2nccc(OC3=CC=IN=C3Cl)c2cc1OC. The lowest BCUT2D eigenvalue weighted by Crippen LogP contribution is -2.05. The summed E-state index contributed by atoms with van der Waals surface area (Å²) >= 11 is 5.74. The summed E-state index contributed by atoms with van der Waals surface area (Å²) in [6.07, 6.45) is 3.53. The molecule has 1 aliphatic rings. The van der Waals surface area contributed by atoms with Crippen molar-refractivity contribution in [3.63, 3.8) is 0 Å². The van der Waals surface area contributed by atoms with E-state index in [2.05, 4.69) is 8.19 Å². The van der Waals surface area contributed by atoms with Gasteiger partial charge in [0.2, 0.25) is 0 Å². The number of methoxy groups -OCH3 is 2. The van der Waals surface area contributed by atoms with Crippen molar-refractivity contribution in [3.8, 4) is 17.2 Å². The van der Waals surface area contributed by atoms with Crippen LogP contribution in [0, 0.1) is 0 Å². The molecule has 7 heteroatoms. The Morgan fingerprint density at radius 3 is 2.59 bits per heavy atom. The van der Waals surface area contributed by atoms with Crippen LogP contribution in [0.15, 0.2) is 39.4 Å². The Kier molecular flexibility index (Phi) is 4.58. The van der Waals surface area contributed by atoms with Gasteiger partial charge in [0.15, 0.2) is 22.4 Å². The molecule has 0 saturated carbocycles. The van der Waals surface area contributed by atoms with Gasteiger partial charge in [-0.3, -0.25) is 4.98 Å². The third kappa shape index (κ3) is 2.93. The topological polar surface area (TPSA) is 52.9 Å². The predicted molar refractivity (Wildman–Crippen MR) is 96.9 cm³/mol. The smallest absolute Gasteiger partial charge is 0.177 e. The van der Waals surface area contributed by atoms with E-state index in [1.54, 1.807) is 26.5 Å². The number of rotatable bonds is 4. The summed E-state index contributed by atoms with van der Waals surface area (Å²) < 4.78 is 22.8. The quantitative estimate of drug-likeness (QED) is 0.692. The van der Waals surface area contributed by atoms with Gasteiger partial charge in [0.25, 0.3) is 0 Å². The van der Waals surface area contributed by atoms with Crippen LogP contribution in [0.1, 0.15) is 0 Å². The molecule has 5 nitrogen and oxygen atoms in total. The number of nitrogens with zero attached hydrogens (tertiary/aromatic N) is 2. The summed E-state index contributed by atoms with van der Waals surface area (Å²) in [5.41, 5.74) is 0.746. The van der Waals surface area contributed by atoms with Gasteiger partial charge in [-0.25, -0.2) is 3.21 Å². The summed E-state index contributed by atoms with van der Waals surface area (Å²) in [7, 11) is 3.18. The molecule has 0 saturated heterocycles. The Morgan fingerprint density at radius 1 is 1.09 bits per heavy atom. The second kappa shape index (κ2) is 6.62. The first kappa shape index (κ1) is 15.2. The van der Waals surface area contributed by atoms with Gasteiger partial charge in [-0.1, -0.05) is 11.6 Å². The highest BCUT2D eigenvalue weighted by Crippen LogP contribution is 2.36. The van der Waals surface area contributed by atoms with E-state index in [0.29, 0.717) is 28.2 Å². The van der Waals surface area contributed by atoms with Gasteiger partial charge >= 0.3 is 0 Å². The first-order valence-corrected chi connectivity index (χ1v) is 8.90. The predicted octanol–water partition coefficient (Wildman–Crippen LogP) is 3.85. The van der Waals surface area contributed by atoms with E-state index < -0.39 is 0 Å². The minimum atomic E-state index is -0.353. The number of benzene rings is 1. The molecule has 114 valence electrons. The maximum atomic E-state index is 6.09. The fourth-order valence-electron chi connectivity index (χ4n) is 2.00. The number of ether oxygens (including phenoxy) is 3. The third-order valence-electron chi connectivity index (χ3n) is 3.02. The van der Waals surface area contributed by atoms with Gasteiger partial charge in [0.1, 0.15) is 5.75 Å². The lowest BCUT2D eigenvalue weighted by atomic mass is 10.2. The van der Waals surface area contributed by atoms with E-state index in [4.69, 9.17) is 25.8 Å². The molecule has 0 fully saturated rings. The summed E-state index contributed by atoms with van der Waals surface area (Å²) in [6, 6.07) is 5.42. The Labute approximate surface area is 142 Å². The molecular formula is C15H12ClIN2O3. The number of allylic oxidation sites excluding steroid dienone is 2. The molecule has 0 aliphatic carbocycles. The number of aromatic nitrogens is 1. The molecule has 1 aliphatic heterocycles. The van der Waals surface area contributed by atoms with Crippen LogP contribution in [0.2, 0.25) is 0 Å². The summed E-state index contributed by atoms with van der Waals surface area (Å²) in [5, 5.41) is 1.21. The Hall–Kier alpha value is -1.67. The van der Waals surface area contributed by atoms with Crippen LogP contribution < -0.4 is 14.2 Å². The van der Waals surface area contributed by atoms with Crippen molar-refractivity contribution in [2.24, 2.45) is 3.21 Å². The maximum absolute atomic E-state index is 6.09. The number of hydrogen-bond acceptors (Lipinski definition) is 5. The van der Waals surface area contributed by atoms with Gasteiger partial charge in [-0.2, -0.15) is 0 Å². The van der Waals surface area contributed by atoms with Crippen LogP contribution in [-0.4, -0.2) is 28.4 Å². The standard InChI is InChI=1S/C15H12ClIN2O3/c1-20-13-7-9-10(8-14(13)21-2)18-6-4-11(9)22-12-3-5-17-19-15(12)16/h3-8H,1-2H3. The number of hydrogen-bond donors (Lipinski definition) is 0. The molecule has 2 heterocycles. The van der Waals surface area contributed by atoms with Gasteiger partial charge in [-0.15, -0.1) is 0 Å². The van der Waals surface area contributed by atoms with E-state index in [-0.39, 0.29) is 21.0 Å². The molecule has 0 amide bonds. The molecule has 1 aromatic heterocycles. The highest BCUT2D eigenvalue weighted by atomic mass is 127. The largest absolute Gasteiger partial charge is 0.493 e. The van der Waals surface area contributed by atoms with Crippen LogP contribution in [0.4, 0.5) is 0 Å². The second-order valence-corrected chi connectivity index (χ2v) is 6.38. The molecule has 1 aromatic carbocycles. The van der Waals surface area contributed by atoms with Gasteiger partial charge in [0.05, 0.1) is 19.7 Å². The van der Waals surface area contributed by atoms with Crippen molar-refractivity contribution in [1.82, 2.24) is 4.98 Å². The van der Waals surface area contributed by atoms with Crippen molar-refractivity contribution in [1.29, 1.82) is 0 Å². The van der Waals surface area contributed by atoms with Gasteiger partial charge in [0, 0.05) is 38.7 Å². The zero-order chi connectivity index (χ0) is 15.5. The van der Waals surface area contributed by atoms with Gasteiger partial charge < -0.3 is 14.2 Å². The fraction of sp³-hybridized carbons (Fsp3) is 0.133. The van der Waals surface area contributed by atoms with E-state index >= 15 is 0 Å². The number of pyridine rings is 1. The Bertz CT molecular complexity index is 818. The second-order valence-electron chi connectivity index (χ2n) is 4.27. The van der Waals surface area contributed by atoms with E-state index in [0.717, 1.165) is 10.9 Å². The maximum Gasteiger partial charge on any atom is 0.177 e. The lowest BCUT2D eigenvalue weighted by Gasteiger charge is -2.13. The van der Waals surface area contributed by atoms with Crippen molar-refractivity contribution < 1.29 is 14.2 Å². The zero-order valence-electron chi connectivity index (χ0n) is 11.8. The van der Waals surface area contributed by atoms with Gasteiger partial charge in [-0.05, 0) is 22.2 Å². The van der Waals surface area contributed by atoms with Crippen molar-refractivity contribution >= 4 is 52.7 Å². The molecule has 0 spiro atoms. The Morgan fingerprint density at radius 2 is 1.86 bits per heavy atom. The van der Waals surface area contributed by atoms with Crippen LogP contribution in [-0.2, 0) is 0 Å². The highest BCUT2D eigenvalue weighted by Gasteiger charge is 2.14. The molecule has 3 rings (SSSR count). The summed E-state index contributed by atoms with van der Waals surface area (Å²) in [5.74, 6) is 2.41. The summed E-state index contributed by atoms with van der Waals surface area (Å²) in [6.45, 7) is 0. The van der Waals surface area contributed by atoms with E-state index in [9.17, 15) is 0 Å². The molecule has 0 unspecified atom stereocenters. The molecule has 22 heavy (non-hydrogen) atoms. The monoisotopic (exact) mass is 430 g/mol. The van der Waals surface area contributed by atoms with Crippen molar-refractivity contribution in [2.75, 3.05) is 14.2 Å². The van der Waals surface area contributed by atoms with E-state index in [1.807, 2.05) is 22.2 Å². The van der Waals surface area contributed by atoms with Crippen LogP contribution in [0.5, 0.6) is 17.2 Å². The van der Waals surface area contributed by atoms with Crippen LogP contribution >= 0.6 is 32.6 Å². The average molecular weight is 431 g/mol. The fourth-order valence-corrected chi connectivity index (χ4v) is 3.48. The minimum Gasteiger partial charge on any atom is -0.493 e. The van der Waals surface area contributed by atoms with Crippen LogP contribution in [0.25, 0.3) is 10.9 Å². The molecule has 2 aromatic rings. The third-order valence-corrected chi connectivity index (χ3v) is 5.02. The van der Waals surface area contributed by atoms with Crippen LogP contribution in [0.3, 0.4) is 0 Å². The first-order valence-electron chi connectivity index (χ1n) is 6.31.